The molecule has 14 nitrogen and oxygen atoms in total. The number of rotatable bonds is 15. The first-order chi connectivity index (χ1) is 55.7. The molecule has 532 valence electrons. The minimum Gasteiger partial charge on any atom is -0.307 e. The summed E-state index contributed by atoms with van der Waals surface area (Å²) in [5.74, 6) is 4.29. The van der Waals surface area contributed by atoms with Gasteiger partial charge in [0.2, 0.25) is 0 Å². The molecular formula is C97H60F2N14. The predicted molar refractivity (Wildman–Crippen MR) is 444 cm³/mol. The smallest absolute Gasteiger partial charge is 0.164 e. The largest absolute Gasteiger partial charge is 0.307 e. The van der Waals surface area contributed by atoms with Gasteiger partial charge in [-0.2, -0.15) is 0 Å². The molecule has 0 saturated heterocycles. The number of halogens is 2. The third-order valence-electron chi connectivity index (χ3n) is 20.3. The van der Waals surface area contributed by atoms with Crippen LogP contribution in [0.4, 0.5) is 8.78 Å². The first-order valence-electron chi connectivity index (χ1n) is 37.0. The van der Waals surface area contributed by atoms with E-state index in [-0.39, 0.29) is 0 Å². The van der Waals surface area contributed by atoms with E-state index in [0.29, 0.717) is 120 Å². The molecule has 6 heterocycles. The summed E-state index contributed by atoms with van der Waals surface area (Å²) in [6.07, 6.45) is 0. The zero-order valence-corrected chi connectivity index (χ0v) is 60.4. The van der Waals surface area contributed by atoms with Gasteiger partial charge in [0.15, 0.2) is 69.9 Å². The molecule has 16 heteroatoms. The van der Waals surface area contributed by atoms with Crippen molar-refractivity contribution in [3.05, 3.63) is 363 Å². The van der Waals surface area contributed by atoms with E-state index in [1.54, 1.807) is 0 Å². The number of hydrogen-bond acceptors (Lipinski definition) is 12. The summed E-state index contributed by atoms with van der Waals surface area (Å²) in [5, 5.41) is 3.53. The normalized spacial score (nSPS) is 11.5. The van der Waals surface area contributed by atoms with Crippen LogP contribution in [0.3, 0.4) is 0 Å². The third kappa shape index (κ3) is 12.7. The standard InChI is InChI=1S/C97H60F2N14/c1-59-50-84(112-80-53-68(94-104-86(60-26-10-2-11-27-60)100-87(105-94)61-28-12-3-13-29-61)42-46-75(80)76-47-43-69(54-81(76)112)95-106-88(62-30-14-4-15-31-62)101-89(107-95)63-32-16-5-17-33-63)85(58-79(59)72-51-73(98)57-74(99)52-72)113-82-55-70(96-108-90(64-34-18-6-19-35-64)102-91(109-96)65-36-20-7-21-37-65)44-48-77(82)78-49-45-71(56-83(78)113)97-110-92(66-38-22-8-23-39-66)103-93(111-97)67-40-24-9-25-41-67/h2-58H,1H3. The van der Waals surface area contributed by atoms with Crippen LogP contribution in [-0.4, -0.2) is 68.9 Å². The Labute approximate surface area is 646 Å². The van der Waals surface area contributed by atoms with Gasteiger partial charge >= 0.3 is 0 Å². The Morgan fingerprint density at radius 3 is 0.593 bits per heavy atom. The summed E-state index contributed by atoms with van der Waals surface area (Å²) >= 11 is 0. The molecule has 0 saturated carbocycles. The van der Waals surface area contributed by atoms with Crippen molar-refractivity contribution in [2.75, 3.05) is 0 Å². The zero-order valence-electron chi connectivity index (χ0n) is 60.4. The van der Waals surface area contributed by atoms with Gasteiger partial charge in [-0.05, 0) is 72.1 Å². The van der Waals surface area contributed by atoms with Gasteiger partial charge in [0.05, 0.1) is 33.4 Å². The average molecular weight is 1460 g/mol. The van der Waals surface area contributed by atoms with Crippen LogP contribution in [-0.2, 0) is 0 Å². The summed E-state index contributed by atoms with van der Waals surface area (Å²) in [6, 6.07) is 112. The van der Waals surface area contributed by atoms with E-state index in [4.69, 9.17) is 59.8 Å². The Morgan fingerprint density at radius 2 is 0.381 bits per heavy atom. The van der Waals surface area contributed by atoms with Crippen LogP contribution < -0.4 is 0 Å². The molecule has 0 N–H and O–H groups in total. The fourth-order valence-corrected chi connectivity index (χ4v) is 14.9. The van der Waals surface area contributed by atoms with Gasteiger partial charge in [0.25, 0.3) is 0 Å². The van der Waals surface area contributed by atoms with Crippen molar-refractivity contribution in [2.24, 2.45) is 0 Å². The van der Waals surface area contributed by atoms with Crippen LogP contribution in [0.15, 0.2) is 346 Å². The maximum absolute atomic E-state index is 16.2. The lowest BCUT2D eigenvalue weighted by Gasteiger charge is -2.21. The van der Waals surface area contributed by atoms with Crippen molar-refractivity contribution in [2.45, 2.75) is 6.92 Å². The second-order valence-electron chi connectivity index (χ2n) is 27.6. The van der Waals surface area contributed by atoms with E-state index in [2.05, 4.69) is 88.0 Å². The summed E-state index contributed by atoms with van der Waals surface area (Å²) < 4.78 is 36.9. The third-order valence-corrected chi connectivity index (χ3v) is 20.3. The first kappa shape index (κ1) is 67.0. The molecule has 0 bridgehead atoms. The van der Waals surface area contributed by atoms with E-state index in [9.17, 15) is 0 Å². The van der Waals surface area contributed by atoms with Crippen molar-refractivity contribution in [1.29, 1.82) is 0 Å². The van der Waals surface area contributed by atoms with E-state index in [0.717, 1.165) is 94.2 Å². The molecule has 0 unspecified atom stereocenters. The van der Waals surface area contributed by atoms with E-state index >= 15 is 8.78 Å². The fraction of sp³-hybridized carbons (Fsp3) is 0.0103. The topological polar surface area (TPSA) is 165 Å². The number of aromatic nitrogens is 14. The van der Waals surface area contributed by atoms with Crippen molar-refractivity contribution in [1.82, 2.24) is 68.9 Å². The summed E-state index contributed by atoms with van der Waals surface area (Å²) in [5.41, 5.74) is 15.3. The lowest BCUT2D eigenvalue weighted by atomic mass is 9.98. The minimum atomic E-state index is -0.726. The molecule has 0 radical (unpaired) electrons. The molecule has 0 spiro atoms. The summed E-state index contributed by atoms with van der Waals surface area (Å²) in [6.45, 7) is 1.98. The second-order valence-corrected chi connectivity index (χ2v) is 27.6. The SMILES string of the molecule is Cc1cc(-n2c3cc(-c4nc(-c5ccccc5)nc(-c5ccccc5)n4)ccc3c3ccc(-c4nc(-c5ccccc5)nc(-c5ccccc5)n4)cc32)c(-n2c3cc(-c4nc(-c5ccccc5)nc(-c5ccccc5)n4)ccc3c3ccc(-c4nc(-c5ccccc5)nc(-c5ccccc5)n4)cc32)cc1-c1cc(F)cc(F)c1. The number of benzene rings is 14. The van der Waals surface area contributed by atoms with Gasteiger partial charge in [-0.3, -0.25) is 0 Å². The van der Waals surface area contributed by atoms with Gasteiger partial charge in [-0.25, -0.2) is 68.6 Å². The number of nitrogens with zero attached hydrogens (tertiary/aromatic N) is 14. The fourth-order valence-electron chi connectivity index (χ4n) is 14.9. The summed E-state index contributed by atoms with van der Waals surface area (Å²) in [7, 11) is 0. The molecule has 14 aromatic carbocycles. The predicted octanol–water partition coefficient (Wildman–Crippen LogP) is 22.9. The van der Waals surface area contributed by atoms with Gasteiger partial charge in [-0.1, -0.05) is 291 Å². The van der Waals surface area contributed by atoms with E-state index in [1.807, 2.05) is 256 Å². The van der Waals surface area contributed by atoms with Crippen LogP contribution in [0.1, 0.15) is 5.56 Å². The van der Waals surface area contributed by atoms with Gasteiger partial charge in [0, 0.05) is 94.4 Å². The molecule has 20 aromatic rings. The number of aryl methyl sites for hydroxylation is 1. The lowest BCUT2D eigenvalue weighted by molar-refractivity contribution is 0.584. The maximum atomic E-state index is 16.2. The second kappa shape index (κ2) is 28.3. The highest BCUT2D eigenvalue weighted by Gasteiger charge is 2.27. The van der Waals surface area contributed by atoms with Crippen molar-refractivity contribution >= 4 is 43.6 Å². The highest BCUT2D eigenvalue weighted by molar-refractivity contribution is 6.14. The molecule has 6 aromatic heterocycles. The molecule has 0 aliphatic carbocycles. The van der Waals surface area contributed by atoms with Crippen LogP contribution in [0.5, 0.6) is 0 Å². The first-order valence-corrected chi connectivity index (χ1v) is 37.0. The summed E-state index contributed by atoms with van der Waals surface area (Å²) in [4.78, 5) is 62.7. The van der Waals surface area contributed by atoms with Crippen molar-refractivity contribution in [3.63, 3.8) is 0 Å². The van der Waals surface area contributed by atoms with Crippen molar-refractivity contribution in [3.8, 4) is 159 Å². The Morgan fingerprint density at radius 1 is 0.186 bits per heavy atom. The lowest BCUT2D eigenvalue weighted by Crippen LogP contribution is -2.06. The van der Waals surface area contributed by atoms with E-state index in [1.165, 1.54) is 12.1 Å². The minimum absolute atomic E-state index is 0.331. The quantitative estimate of drug-likeness (QED) is 0.0955. The van der Waals surface area contributed by atoms with Crippen LogP contribution in [0.25, 0.3) is 203 Å². The highest BCUT2D eigenvalue weighted by Crippen LogP contribution is 2.45. The maximum Gasteiger partial charge on any atom is 0.164 e. The number of hydrogen-bond donors (Lipinski definition) is 0. The molecular weight excluding hydrogens is 1400 g/mol. The molecule has 0 aliphatic heterocycles. The van der Waals surface area contributed by atoms with Crippen LogP contribution in [0, 0.1) is 18.6 Å². The van der Waals surface area contributed by atoms with E-state index < -0.39 is 11.6 Å². The van der Waals surface area contributed by atoms with Crippen molar-refractivity contribution < 1.29 is 8.78 Å². The molecule has 0 aliphatic rings. The molecule has 0 amide bonds. The van der Waals surface area contributed by atoms with Crippen LogP contribution in [0.2, 0.25) is 0 Å². The molecule has 20 rings (SSSR count). The Hall–Kier alpha value is -15.4. The van der Waals surface area contributed by atoms with Gasteiger partial charge in [-0.15, -0.1) is 0 Å². The molecule has 113 heavy (non-hydrogen) atoms. The number of fused-ring (bicyclic) bond motifs is 6. The Kier molecular flexibility index (Phi) is 16.8. The Bertz CT molecular complexity index is 6440. The van der Waals surface area contributed by atoms with Crippen LogP contribution >= 0.6 is 0 Å². The average Bonchev–Trinajstić information content (AvgIpc) is 1.56. The zero-order chi connectivity index (χ0) is 75.5. The molecule has 0 fully saturated rings. The monoisotopic (exact) mass is 1460 g/mol. The highest BCUT2D eigenvalue weighted by atomic mass is 19.1. The van der Waals surface area contributed by atoms with Gasteiger partial charge < -0.3 is 9.13 Å². The molecule has 0 atom stereocenters. The van der Waals surface area contributed by atoms with Gasteiger partial charge in [0.1, 0.15) is 11.6 Å². The Balaban J connectivity index is 0.910.